The van der Waals surface area contributed by atoms with Crippen LogP contribution in [0.15, 0.2) is 0 Å². The molecule has 1 saturated heterocycles. The molecule has 2 aliphatic rings. The molecule has 2 fully saturated rings. The van der Waals surface area contributed by atoms with Crippen LogP contribution in [-0.4, -0.2) is 35.6 Å². The normalized spacial score (nSPS) is 32.6. The van der Waals surface area contributed by atoms with Crippen LogP contribution in [0.2, 0.25) is 0 Å². The molecule has 0 radical (unpaired) electrons. The van der Waals surface area contributed by atoms with Gasteiger partial charge in [0.15, 0.2) is 0 Å². The molecule has 0 spiro atoms. The van der Waals surface area contributed by atoms with Crippen molar-refractivity contribution in [1.29, 1.82) is 0 Å². The molecule has 1 heterocycles. The summed E-state index contributed by atoms with van der Waals surface area (Å²) in [5.74, 6) is -0.954. The Morgan fingerprint density at radius 2 is 2.12 bits per heavy atom. The van der Waals surface area contributed by atoms with E-state index >= 15 is 0 Å². The Morgan fingerprint density at radius 1 is 1.29 bits per heavy atom. The topological polar surface area (TPSA) is 78.4 Å². The van der Waals surface area contributed by atoms with Crippen molar-refractivity contribution in [3.63, 3.8) is 0 Å². The summed E-state index contributed by atoms with van der Waals surface area (Å²) in [6, 6.07) is 0.372. The SMILES string of the molecule is O=C(CC1CCCN1)NC1CCC(C(=O)O)C1. The van der Waals surface area contributed by atoms with Crippen molar-refractivity contribution in [2.45, 2.75) is 50.6 Å². The molecule has 3 atom stereocenters. The van der Waals surface area contributed by atoms with Crippen LogP contribution in [0.3, 0.4) is 0 Å². The highest BCUT2D eigenvalue weighted by atomic mass is 16.4. The lowest BCUT2D eigenvalue weighted by atomic mass is 10.1. The molecule has 0 aromatic rings. The second-order valence-corrected chi connectivity index (χ2v) is 5.11. The number of carboxylic acid groups (broad SMARTS) is 1. The van der Waals surface area contributed by atoms with E-state index in [9.17, 15) is 9.59 Å². The Labute approximate surface area is 101 Å². The van der Waals surface area contributed by atoms with Gasteiger partial charge < -0.3 is 15.7 Å². The highest BCUT2D eigenvalue weighted by Gasteiger charge is 2.30. The fourth-order valence-corrected chi connectivity index (χ4v) is 2.78. The summed E-state index contributed by atoms with van der Waals surface area (Å²) in [5, 5.41) is 15.1. The van der Waals surface area contributed by atoms with Crippen molar-refractivity contribution in [3.8, 4) is 0 Å². The molecule has 1 aliphatic heterocycles. The predicted octanol–water partition coefficient (Wildman–Crippen LogP) is 0.498. The maximum absolute atomic E-state index is 11.7. The molecule has 1 aliphatic carbocycles. The third-order valence-electron chi connectivity index (χ3n) is 3.74. The van der Waals surface area contributed by atoms with E-state index in [1.807, 2.05) is 0 Å². The van der Waals surface area contributed by atoms with Crippen LogP contribution >= 0.6 is 0 Å². The van der Waals surface area contributed by atoms with Crippen molar-refractivity contribution in [3.05, 3.63) is 0 Å². The molecule has 2 rings (SSSR count). The fraction of sp³-hybridized carbons (Fsp3) is 0.833. The van der Waals surface area contributed by atoms with Gasteiger partial charge in [-0.1, -0.05) is 0 Å². The lowest BCUT2D eigenvalue weighted by Gasteiger charge is -2.15. The van der Waals surface area contributed by atoms with Gasteiger partial charge in [0.05, 0.1) is 5.92 Å². The summed E-state index contributed by atoms with van der Waals surface area (Å²) in [5.41, 5.74) is 0. The van der Waals surface area contributed by atoms with E-state index in [0.717, 1.165) is 25.8 Å². The number of aliphatic carboxylic acids is 1. The van der Waals surface area contributed by atoms with Crippen LogP contribution < -0.4 is 10.6 Å². The second-order valence-electron chi connectivity index (χ2n) is 5.11. The number of amides is 1. The van der Waals surface area contributed by atoms with Crippen LogP contribution in [0.4, 0.5) is 0 Å². The Kier molecular flexibility index (Phi) is 3.99. The standard InChI is InChI=1S/C12H20N2O3/c15-11(7-9-2-1-5-13-9)14-10-4-3-8(6-10)12(16)17/h8-10,13H,1-7H2,(H,14,15)(H,16,17). The van der Waals surface area contributed by atoms with Crippen molar-refractivity contribution in [1.82, 2.24) is 10.6 Å². The first kappa shape index (κ1) is 12.4. The number of nitrogens with one attached hydrogen (secondary N) is 2. The third kappa shape index (κ3) is 3.43. The number of hydrogen-bond acceptors (Lipinski definition) is 3. The first-order valence-corrected chi connectivity index (χ1v) is 6.40. The molecule has 1 saturated carbocycles. The summed E-state index contributed by atoms with van der Waals surface area (Å²) in [6.45, 7) is 1.00. The molecule has 5 heteroatoms. The van der Waals surface area contributed by atoms with Gasteiger partial charge in [-0.05, 0) is 38.6 Å². The number of carbonyl (C=O) groups excluding carboxylic acids is 1. The van der Waals surface area contributed by atoms with E-state index in [1.165, 1.54) is 0 Å². The van der Waals surface area contributed by atoms with Gasteiger partial charge in [-0.2, -0.15) is 0 Å². The van der Waals surface area contributed by atoms with Crippen molar-refractivity contribution in [2.75, 3.05) is 6.54 Å². The average molecular weight is 240 g/mol. The zero-order valence-corrected chi connectivity index (χ0v) is 9.95. The van der Waals surface area contributed by atoms with Gasteiger partial charge in [0.1, 0.15) is 0 Å². The molecule has 96 valence electrons. The van der Waals surface area contributed by atoms with Crippen LogP contribution in [0.1, 0.15) is 38.5 Å². The molecule has 3 unspecified atom stereocenters. The van der Waals surface area contributed by atoms with Gasteiger partial charge >= 0.3 is 5.97 Å². The largest absolute Gasteiger partial charge is 0.481 e. The first-order valence-electron chi connectivity index (χ1n) is 6.40. The Balaban J connectivity index is 1.70. The van der Waals surface area contributed by atoms with Crippen molar-refractivity contribution in [2.24, 2.45) is 5.92 Å². The number of rotatable bonds is 4. The number of hydrogen-bond donors (Lipinski definition) is 3. The molecule has 0 bridgehead atoms. The van der Waals surface area contributed by atoms with Gasteiger partial charge in [0, 0.05) is 18.5 Å². The lowest BCUT2D eigenvalue weighted by Crippen LogP contribution is -2.37. The minimum Gasteiger partial charge on any atom is -0.481 e. The molecule has 5 nitrogen and oxygen atoms in total. The Hall–Kier alpha value is -1.10. The van der Waals surface area contributed by atoms with E-state index < -0.39 is 5.97 Å². The summed E-state index contributed by atoms with van der Waals surface area (Å²) in [6.07, 6.45) is 4.79. The predicted molar refractivity (Wildman–Crippen MR) is 62.5 cm³/mol. The van der Waals surface area contributed by atoms with Crippen LogP contribution in [0.5, 0.6) is 0 Å². The van der Waals surface area contributed by atoms with Crippen LogP contribution in [-0.2, 0) is 9.59 Å². The minimum atomic E-state index is -0.737. The zero-order valence-electron chi connectivity index (χ0n) is 9.95. The quantitative estimate of drug-likeness (QED) is 0.668. The summed E-state index contributed by atoms with van der Waals surface area (Å²) in [4.78, 5) is 22.5. The summed E-state index contributed by atoms with van der Waals surface area (Å²) < 4.78 is 0. The minimum absolute atomic E-state index is 0.0560. The summed E-state index contributed by atoms with van der Waals surface area (Å²) >= 11 is 0. The molecule has 1 amide bonds. The lowest BCUT2D eigenvalue weighted by molar-refractivity contribution is -0.141. The number of carbonyl (C=O) groups is 2. The highest BCUT2D eigenvalue weighted by Crippen LogP contribution is 2.25. The van der Waals surface area contributed by atoms with Crippen LogP contribution in [0.25, 0.3) is 0 Å². The van der Waals surface area contributed by atoms with E-state index in [2.05, 4.69) is 10.6 Å². The maximum Gasteiger partial charge on any atom is 0.306 e. The molecular weight excluding hydrogens is 220 g/mol. The van der Waals surface area contributed by atoms with E-state index in [4.69, 9.17) is 5.11 Å². The molecular formula is C12H20N2O3. The fourth-order valence-electron chi connectivity index (χ4n) is 2.78. The van der Waals surface area contributed by atoms with Crippen LogP contribution in [0, 0.1) is 5.92 Å². The van der Waals surface area contributed by atoms with E-state index in [0.29, 0.717) is 25.3 Å². The molecule has 0 aromatic carbocycles. The van der Waals surface area contributed by atoms with Gasteiger partial charge in [-0.25, -0.2) is 0 Å². The smallest absolute Gasteiger partial charge is 0.306 e. The average Bonchev–Trinajstić information content (AvgIpc) is 2.88. The van der Waals surface area contributed by atoms with Gasteiger partial charge in [-0.15, -0.1) is 0 Å². The van der Waals surface area contributed by atoms with Gasteiger partial charge in [0.25, 0.3) is 0 Å². The highest BCUT2D eigenvalue weighted by molar-refractivity contribution is 5.77. The Morgan fingerprint density at radius 3 is 2.71 bits per heavy atom. The zero-order chi connectivity index (χ0) is 12.3. The first-order chi connectivity index (χ1) is 8.15. The van der Waals surface area contributed by atoms with Crippen molar-refractivity contribution < 1.29 is 14.7 Å². The number of carboxylic acids is 1. The van der Waals surface area contributed by atoms with Crippen molar-refractivity contribution >= 4 is 11.9 Å². The maximum atomic E-state index is 11.7. The van der Waals surface area contributed by atoms with Gasteiger partial charge in [0.2, 0.25) is 5.91 Å². The molecule has 3 N–H and O–H groups in total. The Bertz CT molecular complexity index is 300. The van der Waals surface area contributed by atoms with E-state index in [-0.39, 0.29) is 17.9 Å². The third-order valence-corrected chi connectivity index (χ3v) is 3.74. The van der Waals surface area contributed by atoms with E-state index in [1.54, 1.807) is 0 Å². The second kappa shape index (κ2) is 5.49. The monoisotopic (exact) mass is 240 g/mol. The summed E-state index contributed by atoms with van der Waals surface area (Å²) in [7, 11) is 0. The molecule has 0 aromatic heterocycles. The van der Waals surface area contributed by atoms with Gasteiger partial charge in [-0.3, -0.25) is 9.59 Å². The molecule has 17 heavy (non-hydrogen) atoms.